The third-order valence-corrected chi connectivity index (χ3v) is 5.40. The number of hydrogen-bond donors (Lipinski definition) is 1. The van der Waals surface area contributed by atoms with Crippen molar-refractivity contribution in [3.05, 3.63) is 74.6 Å². The number of rotatable bonds is 6. The number of ether oxygens (including phenoxy) is 1. The van der Waals surface area contributed by atoms with Crippen LogP contribution in [-0.4, -0.2) is 18.5 Å². The first-order chi connectivity index (χ1) is 13.8. The molecule has 0 bridgehead atoms. The maximum atomic E-state index is 13.0. The molecule has 29 heavy (non-hydrogen) atoms. The molecule has 0 aliphatic carbocycles. The fourth-order valence-corrected chi connectivity index (χ4v) is 3.80. The third-order valence-electron chi connectivity index (χ3n) is 3.68. The van der Waals surface area contributed by atoms with E-state index in [0.717, 1.165) is 17.0 Å². The van der Waals surface area contributed by atoms with Gasteiger partial charge in [-0.2, -0.15) is 13.2 Å². The first-order valence-corrected chi connectivity index (χ1v) is 10.0. The van der Waals surface area contributed by atoms with Gasteiger partial charge in [-0.25, -0.2) is 4.79 Å². The molecule has 3 rings (SSSR count). The van der Waals surface area contributed by atoms with Gasteiger partial charge in [0.15, 0.2) is 6.61 Å². The summed E-state index contributed by atoms with van der Waals surface area (Å²) in [5.74, 6) is -1.60. The molecule has 1 aromatic carbocycles. The molecule has 3 aromatic rings. The smallest absolute Gasteiger partial charge is 0.418 e. The lowest BCUT2D eigenvalue weighted by atomic mass is 10.1. The van der Waals surface area contributed by atoms with Crippen molar-refractivity contribution in [2.75, 3.05) is 11.9 Å². The van der Waals surface area contributed by atoms with Gasteiger partial charge in [-0.05, 0) is 41.1 Å². The quantitative estimate of drug-likeness (QED) is 0.406. The van der Waals surface area contributed by atoms with E-state index in [9.17, 15) is 22.8 Å². The van der Waals surface area contributed by atoms with Crippen molar-refractivity contribution in [3.63, 3.8) is 0 Å². The number of para-hydroxylation sites is 1. The van der Waals surface area contributed by atoms with Crippen molar-refractivity contribution in [1.82, 2.24) is 0 Å². The number of carbonyl (C=O) groups is 2. The summed E-state index contributed by atoms with van der Waals surface area (Å²) < 4.78 is 44.1. The molecule has 0 aliphatic rings. The molecular weight excluding hydrogens is 423 g/mol. The van der Waals surface area contributed by atoms with Gasteiger partial charge >= 0.3 is 12.1 Å². The van der Waals surface area contributed by atoms with E-state index < -0.39 is 35.9 Å². The van der Waals surface area contributed by atoms with Crippen molar-refractivity contribution >= 4 is 51.9 Å². The topological polar surface area (TPSA) is 55.4 Å². The van der Waals surface area contributed by atoms with Crippen LogP contribution in [0.2, 0.25) is 0 Å². The largest absolute Gasteiger partial charge is 0.452 e. The number of anilines is 1. The monoisotopic (exact) mass is 437 g/mol. The second kappa shape index (κ2) is 9.06. The summed E-state index contributed by atoms with van der Waals surface area (Å²) >= 11 is 2.76. The van der Waals surface area contributed by atoms with Crippen LogP contribution >= 0.6 is 22.7 Å². The van der Waals surface area contributed by atoms with Gasteiger partial charge in [-0.1, -0.05) is 24.3 Å². The van der Waals surface area contributed by atoms with Crippen LogP contribution in [0.25, 0.3) is 11.6 Å². The van der Waals surface area contributed by atoms with Crippen LogP contribution in [0.1, 0.15) is 15.3 Å². The molecule has 1 N–H and O–H groups in total. The second-order valence-electron chi connectivity index (χ2n) is 5.72. The lowest BCUT2D eigenvalue weighted by molar-refractivity contribution is -0.141. The molecule has 150 valence electrons. The van der Waals surface area contributed by atoms with Crippen molar-refractivity contribution in [2.45, 2.75) is 6.18 Å². The molecule has 0 fully saturated rings. The molecule has 0 unspecified atom stereocenters. The van der Waals surface area contributed by atoms with E-state index in [0.29, 0.717) is 4.88 Å². The average Bonchev–Trinajstić information content (AvgIpc) is 3.37. The highest BCUT2D eigenvalue weighted by atomic mass is 32.1. The van der Waals surface area contributed by atoms with Gasteiger partial charge in [-0.3, -0.25) is 4.79 Å². The molecule has 0 aliphatic heterocycles. The zero-order valence-corrected chi connectivity index (χ0v) is 16.4. The number of carbonyl (C=O) groups excluding carboxylic acids is 2. The molecule has 0 saturated heterocycles. The molecule has 2 heterocycles. The van der Waals surface area contributed by atoms with Crippen LogP contribution in [0.3, 0.4) is 0 Å². The molecule has 0 saturated carbocycles. The Labute approximate surface area is 172 Å². The van der Waals surface area contributed by atoms with E-state index in [2.05, 4.69) is 5.32 Å². The average molecular weight is 437 g/mol. The molecule has 9 heteroatoms. The Morgan fingerprint density at radius 1 is 1.00 bits per heavy atom. The number of esters is 1. The Balaban J connectivity index is 1.69. The Kier molecular flexibility index (Phi) is 6.50. The molecule has 1 amide bonds. The summed E-state index contributed by atoms with van der Waals surface area (Å²) in [7, 11) is 0. The van der Waals surface area contributed by atoms with Crippen LogP contribution in [-0.2, 0) is 20.5 Å². The number of alkyl halides is 3. The molecular formula is C20H14F3NO3S2. The number of hydrogen-bond acceptors (Lipinski definition) is 5. The summed E-state index contributed by atoms with van der Waals surface area (Å²) in [4.78, 5) is 26.0. The van der Waals surface area contributed by atoms with Crippen molar-refractivity contribution in [2.24, 2.45) is 0 Å². The third kappa shape index (κ3) is 5.55. The van der Waals surface area contributed by atoms with Gasteiger partial charge in [-0.15, -0.1) is 22.7 Å². The van der Waals surface area contributed by atoms with Gasteiger partial charge in [0.1, 0.15) is 0 Å². The minimum Gasteiger partial charge on any atom is -0.452 e. The lowest BCUT2D eigenvalue weighted by Crippen LogP contribution is -2.23. The summed E-state index contributed by atoms with van der Waals surface area (Å²) in [5.41, 5.74) is -1.10. The predicted molar refractivity (Wildman–Crippen MR) is 108 cm³/mol. The van der Waals surface area contributed by atoms with Gasteiger partial charge < -0.3 is 10.1 Å². The van der Waals surface area contributed by atoms with Crippen molar-refractivity contribution in [3.8, 4) is 0 Å². The van der Waals surface area contributed by atoms with Gasteiger partial charge in [0.2, 0.25) is 0 Å². The SMILES string of the molecule is O=C(COC(=O)/C(=C/c1cccs1)c1cccs1)Nc1ccccc1C(F)(F)F. The van der Waals surface area contributed by atoms with E-state index >= 15 is 0 Å². The fraction of sp³-hybridized carbons (Fsp3) is 0.100. The minimum atomic E-state index is -4.61. The maximum absolute atomic E-state index is 13.0. The van der Waals surface area contributed by atoms with E-state index in [4.69, 9.17) is 4.74 Å². The van der Waals surface area contributed by atoms with Gasteiger partial charge in [0.25, 0.3) is 5.91 Å². The van der Waals surface area contributed by atoms with Crippen LogP contribution in [0.15, 0.2) is 59.3 Å². The Bertz CT molecular complexity index is 1010. The number of thiophene rings is 2. The summed E-state index contributed by atoms with van der Waals surface area (Å²) in [6.07, 6.45) is -2.97. The highest BCUT2D eigenvalue weighted by molar-refractivity contribution is 7.12. The maximum Gasteiger partial charge on any atom is 0.418 e. The highest BCUT2D eigenvalue weighted by Gasteiger charge is 2.33. The first-order valence-electron chi connectivity index (χ1n) is 8.27. The van der Waals surface area contributed by atoms with Gasteiger partial charge in [0, 0.05) is 9.75 Å². The number of amides is 1. The standard InChI is InChI=1S/C20H14F3NO3S2/c21-20(22,23)15-6-1-2-7-16(15)24-18(25)12-27-19(26)14(17-8-4-10-29-17)11-13-5-3-9-28-13/h1-11H,12H2,(H,24,25)/b14-11+. The zero-order valence-electron chi connectivity index (χ0n) is 14.7. The van der Waals surface area contributed by atoms with Crippen molar-refractivity contribution in [1.29, 1.82) is 0 Å². The van der Waals surface area contributed by atoms with Crippen LogP contribution in [0.4, 0.5) is 18.9 Å². The molecule has 0 radical (unpaired) electrons. The van der Waals surface area contributed by atoms with Crippen LogP contribution in [0, 0.1) is 0 Å². The van der Waals surface area contributed by atoms with E-state index in [1.54, 1.807) is 23.6 Å². The molecule has 2 aromatic heterocycles. The predicted octanol–water partition coefficient (Wildman–Crippen LogP) is 5.55. The Morgan fingerprint density at radius 3 is 2.38 bits per heavy atom. The minimum absolute atomic E-state index is 0.269. The van der Waals surface area contributed by atoms with Crippen LogP contribution in [0.5, 0.6) is 0 Å². The summed E-state index contributed by atoms with van der Waals surface area (Å²) in [5, 5.41) is 5.79. The normalized spacial score (nSPS) is 11.9. The zero-order chi connectivity index (χ0) is 20.9. The summed E-state index contributed by atoms with van der Waals surface area (Å²) in [6.45, 7) is -0.710. The number of halogens is 3. The Morgan fingerprint density at radius 2 is 1.72 bits per heavy atom. The highest BCUT2D eigenvalue weighted by Crippen LogP contribution is 2.34. The first kappa shape index (κ1) is 20.8. The van der Waals surface area contributed by atoms with Gasteiger partial charge in [0.05, 0.1) is 16.8 Å². The number of nitrogens with one attached hydrogen (secondary N) is 1. The number of benzene rings is 1. The van der Waals surface area contributed by atoms with E-state index in [-0.39, 0.29) is 5.57 Å². The summed E-state index contributed by atoms with van der Waals surface area (Å²) in [6, 6.07) is 11.8. The van der Waals surface area contributed by atoms with E-state index in [1.807, 2.05) is 17.5 Å². The van der Waals surface area contributed by atoms with Crippen LogP contribution < -0.4 is 5.32 Å². The molecule has 4 nitrogen and oxygen atoms in total. The molecule has 0 atom stereocenters. The molecule has 0 spiro atoms. The Hall–Kier alpha value is -2.91. The lowest BCUT2D eigenvalue weighted by Gasteiger charge is -2.13. The van der Waals surface area contributed by atoms with Crippen molar-refractivity contribution < 1.29 is 27.5 Å². The second-order valence-corrected chi connectivity index (χ2v) is 7.65. The fourth-order valence-electron chi connectivity index (χ4n) is 2.41. The van der Waals surface area contributed by atoms with E-state index in [1.165, 1.54) is 34.8 Å².